The van der Waals surface area contributed by atoms with Crippen molar-refractivity contribution in [1.82, 2.24) is 0 Å². The van der Waals surface area contributed by atoms with Gasteiger partial charge in [-0.25, -0.2) is 0 Å². The van der Waals surface area contributed by atoms with E-state index in [-0.39, 0.29) is 6.04 Å². The van der Waals surface area contributed by atoms with Crippen LogP contribution in [0.2, 0.25) is 10.0 Å². The third kappa shape index (κ3) is 2.53. The van der Waals surface area contributed by atoms with Crippen molar-refractivity contribution in [2.45, 2.75) is 38.6 Å². The Morgan fingerprint density at radius 3 is 2.62 bits per heavy atom. The molecule has 88 valence electrons. The zero-order valence-corrected chi connectivity index (χ0v) is 11.0. The molecule has 1 fully saturated rings. The van der Waals surface area contributed by atoms with Crippen LogP contribution in [0, 0.1) is 5.92 Å². The molecule has 0 heterocycles. The third-order valence-electron chi connectivity index (χ3n) is 3.27. The van der Waals surface area contributed by atoms with Gasteiger partial charge in [0, 0.05) is 6.04 Å². The number of hydrogen-bond donors (Lipinski definition) is 1. The molecule has 0 radical (unpaired) electrons. The molecule has 0 aromatic heterocycles. The van der Waals surface area contributed by atoms with E-state index in [0.29, 0.717) is 10.0 Å². The Balaban J connectivity index is 2.27. The van der Waals surface area contributed by atoms with Crippen LogP contribution >= 0.6 is 23.2 Å². The molecule has 0 spiro atoms. The zero-order chi connectivity index (χ0) is 11.7. The third-order valence-corrected chi connectivity index (χ3v) is 4.11. The van der Waals surface area contributed by atoms with Gasteiger partial charge in [-0.2, -0.15) is 0 Å². The van der Waals surface area contributed by atoms with Crippen molar-refractivity contribution in [3.63, 3.8) is 0 Å². The number of hydrogen-bond acceptors (Lipinski definition) is 1. The minimum absolute atomic E-state index is 0.109. The van der Waals surface area contributed by atoms with Crippen LogP contribution < -0.4 is 5.73 Å². The highest BCUT2D eigenvalue weighted by molar-refractivity contribution is 6.42. The second-order valence-electron chi connectivity index (χ2n) is 4.57. The summed E-state index contributed by atoms with van der Waals surface area (Å²) in [5, 5.41) is 1.30. The maximum absolute atomic E-state index is 6.23. The largest absolute Gasteiger partial charge is 0.324 e. The van der Waals surface area contributed by atoms with Crippen molar-refractivity contribution in [3.8, 4) is 0 Å². The quantitative estimate of drug-likeness (QED) is 0.853. The fraction of sp³-hybridized carbons (Fsp3) is 0.538. The molecule has 0 amide bonds. The lowest BCUT2D eigenvalue weighted by molar-refractivity contribution is 0.593. The van der Waals surface area contributed by atoms with Crippen LogP contribution in [0.4, 0.5) is 0 Å². The second kappa shape index (κ2) is 4.95. The molecule has 1 aromatic carbocycles. The van der Waals surface area contributed by atoms with Crippen LogP contribution in [0.1, 0.15) is 43.4 Å². The van der Waals surface area contributed by atoms with E-state index in [4.69, 9.17) is 28.9 Å². The minimum Gasteiger partial charge on any atom is -0.324 e. The predicted octanol–water partition coefficient (Wildman–Crippen LogP) is 4.36. The summed E-state index contributed by atoms with van der Waals surface area (Å²) in [6.45, 7) is 2.09. The summed E-state index contributed by atoms with van der Waals surface area (Å²) in [6, 6.07) is 3.99. The van der Waals surface area contributed by atoms with Gasteiger partial charge in [-0.1, -0.05) is 49.0 Å². The molecule has 1 aromatic rings. The van der Waals surface area contributed by atoms with Crippen molar-refractivity contribution in [2.24, 2.45) is 11.7 Å². The van der Waals surface area contributed by atoms with Gasteiger partial charge in [0.25, 0.3) is 0 Å². The van der Waals surface area contributed by atoms with Crippen LogP contribution in [0.15, 0.2) is 12.1 Å². The standard InChI is InChI=1S/C13H17Cl2N/c1-2-9-10(5-6-11(14)13(9)15)12(16)7-8-3-4-8/h5-6,8,12H,2-4,7,16H2,1H3. The number of benzene rings is 1. The van der Waals surface area contributed by atoms with Gasteiger partial charge in [0.15, 0.2) is 0 Å². The first-order chi connectivity index (χ1) is 7.63. The Morgan fingerprint density at radius 2 is 2.06 bits per heavy atom. The van der Waals surface area contributed by atoms with E-state index in [1.807, 2.05) is 12.1 Å². The van der Waals surface area contributed by atoms with Gasteiger partial charge in [0.1, 0.15) is 0 Å². The summed E-state index contributed by atoms with van der Waals surface area (Å²) < 4.78 is 0. The Bertz CT molecular complexity index is 386. The lowest BCUT2D eigenvalue weighted by atomic mass is 9.95. The normalized spacial score (nSPS) is 17.5. The SMILES string of the molecule is CCc1c(C(N)CC2CC2)ccc(Cl)c1Cl. The van der Waals surface area contributed by atoms with E-state index in [2.05, 4.69) is 6.92 Å². The molecule has 1 saturated carbocycles. The van der Waals surface area contributed by atoms with E-state index in [1.54, 1.807) is 0 Å². The Labute approximate surface area is 107 Å². The molecule has 0 aliphatic heterocycles. The monoisotopic (exact) mass is 257 g/mol. The molecule has 16 heavy (non-hydrogen) atoms. The first-order valence-electron chi connectivity index (χ1n) is 5.85. The maximum Gasteiger partial charge on any atom is 0.0627 e. The molecule has 0 saturated heterocycles. The summed E-state index contributed by atoms with van der Waals surface area (Å²) in [7, 11) is 0. The van der Waals surface area contributed by atoms with Gasteiger partial charge >= 0.3 is 0 Å². The molecule has 1 nitrogen and oxygen atoms in total. The topological polar surface area (TPSA) is 26.0 Å². The fourth-order valence-electron chi connectivity index (χ4n) is 2.15. The highest BCUT2D eigenvalue weighted by Gasteiger charge is 2.25. The van der Waals surface area contributed by atoms with E-state index in [0.717, 1.165) is 24.3 Å². The molecule has 0 bridgehead atoms. The number of rotatable bonds is 4. The van der Waals surface area contributed by atoms with Crippen molar-refractivity contribution < 1.29 is 0 Å². The van der Waals surface area contributed by atoms with Crippen LogP contribution in [0.5, 0.6) is 0 Å². The van der Waals surface area contributed by atoms with E-state index >= 15 is 0 Å². The van der Waals surface area contributed by atoms with E-state index in [1.165, 1.54) is 18.4 Å². The van der Waals surface area contributed by atoms with Gasteiger partial charge in [-0.05, 0) is 36.0 Å². The summed E-state index contributed by atoms with van der Waals surface area (Å²) >= 11 is 12.2. The van der Waals surface area contributed by atoms with Crippen LogP contribution in [-0.2, 0) is 6.42 Å². The van der Waals surface area contributed by atoms with Crippen molar-refractivity contribution >= 4 is 23.2 Å². The van der Waals surface area contributed by atoms with E-state index in [9.17, 15) is 0 Å². The molecule has 3 heteroatoms. The Kier molecular flexibility index (Phi) is 3.78. The summed E-state index contributed by atoms with van der Waals surface area (Å²) in [6.07, 6.45) is 4.62. The average Bonchev–Trinajstić information content (AvgIpc) is 3.05. The summed E-state index contributed by atoms with van der Waals surface area (Å²) in [4.78, 5) is 0. The smallest absolute Gasteiger partial charge is 0.0627 e. The molecule has 1 atom stereocenters. The van der Waals surface area contributed by atoms with Gasteiger partial charge in [-0.3, -0.25) is 0 Å². The highest BCUT2D eigenvalue weighted by Crippen LogP contribution is 2.39. The molecule has 2 N–H and O–H groups in total. The second-order valence-corrected chi connectivity index (χ2v) is 5.35. The Hall–Kier alpha value is -0.240. The number of nitrogens with two attached hydrogens (primary N) is 1. The first kappa shape index (κ1) is 12.2. The van der Waals surface area contributed by atoms with Gasteiger partial charge < -0.3 is 5.73 Å². The first-order valence-corrected chi connectivity index (χ1v) is 6.61. The fourth-order valence-corrected chi connectivity index (χ4v) is 2.64. The predicted molar refractivity (Wildman–Crippen MR) is 70.1 cm³/mol. The van der Waals surface area contributed by atoms with E-state index < -0.39 is 0 Å². The minimum atomic E-state index is 0.109. The van der Waals surface area contributed by atoms with Crippen LogP contribution in [0.25, 0.3) is 0 Å². The van der Waals surface area contributed by atoms with Crippen LogP contribution in [-0.4, -0.2) is 0 Å². The lowest BCUT2D eigenvalue weighted by Crippen LogP contribution is -2.13. The van der Waals surface area contributed by atoms with Crippen molar-refractivity contribution in [1.29, 1.82) is 0 Å². The lowest BCUT2D eigenvalue weighted by Gasteiger charge is -2.17. The maximum atomic E-state index is 6.23. The van der Waals surface area contributed by atoms with Gasteiger partial charge in [0.2, 0.25) is 0 Å². The van der Waals surface area contributed by atoms with Crippen molar-refractivity contribution in [2.75, 3.05) is 0 Å². The van der Waals surface area contributed by atoms with Crippen molar-refractivity contribution in [3.05, 3.63) is 33.3 Å². The summed E-state index contributed by atoms with van der Waals surface area (Å²) in [5.41, 5.74) is 8.51. The zero-order valence-electron chi connectivity index (χ0n) is 9.47. The Morgan fingerprint density at radius 1 is 1.38 bits per heavy atom. The molecular weight excluding hydrogens is 241 g/mol. The summed E-state index contributed by atoms with van der Waals surface area (Å²) in [5.74, 6) is 0.828. The molecule has 1 aliphatic rings. The molecular formula is C13H17Cl2N. The number of halogens is 2. The molecule has 1 aliphatic carbocycles. The van der Waals surface area contributed by atoms with Gasteiger partial charge in [0.05, 0.1) is 10.0 Å². The average molecular weight is 258 g/mol. The molecule has 2 rings (SSSR count). The molecule has 1 unspecified atom stereocenters. The van der Waals surface area contributed by atoms with Gasteiger partial charge in [-0.15, -0.1) is 0 Å². The van der Waals surface area contributed by atoms with Crippen LogP contribution in [0.3, 0.4) is 0 Å². The highest BCUT2D eigenvalue weighted by atomic mass is 35.5.